The van der Waals surface area contributed by atoms with E-state index in [-0.39, 0.29) is 11.9 Å². The number of anilines is 1. The van der Waals surface area contributed by atoms with Gasteiger partial charge in [-0.05, 0) is 38.0 Å². The molecule has 1 aliphatic rings. The monoisotopic (exact) mass is 350 g/mol. The van der Waals surface area contributed by atoms with Crippen LogP contribution in [0, 0.1) is 0 Å². The summed E-state index contributed by atoms with van der Waals surface area (Å²) in [6, 6.07) is 7.73. The molecular weight excluding hydrogens is 328 g/mol. The van der Waals surface area contributed by atoms with Gasteiger partial charge in [-0.3, -0.25) is 4.79 Å². The largest absolute Gasteiger partial charge is 0.341 e. The summed E-state index contributed by atoms with van der Waals surface area (Å²) in [6.07, 6.45) is 7.49. The van der Waals surface area contributed by atoms with Gasteiger partial charge in [-0.25, -0.2) is 15.0 Å². The van der Waals surface area contributed by atoms with E-state index in [1.807, 2.05) is 41.8 Å². The summed E-state index contributed by atoms with van der Waals surface area (Å²) in [6.45, 7) is 3.49. The molecule has 1 atom stereocenters. The third-order valence-corrected chi connectivity index (χ3v) is 4.96. The second kappa shape index (κ2) is 6.74. The van der Waals surface area contributed by atoms with Gasteiger partial charge in [0, 0.05) is 38.7 Å². The van der Waals surface area contributed by atoms with Gasteiger partial charge in [-0.2, -0.15) is 0 Å². The molecular formula is C19H22N6O. The molecule has 0 N–H and O–H groups in total. The lowest BCUT2D eigenvalue weighted by molar-refractivity contribution is 0.0799. The van der Waals surface area contributed by atoms with Crippen molar-refractivity contribution >= 4 is 17.4 Å². The van der Waals surface area contributed by atoms with Crippen LogP contribution in [0.5, 0.6) is 0 Å². The van der Waals surface area contributed by atoms with Gasteiger partial charge in [0.25, 0.3) is 5.91 Å². The van der Waals surface area contributed by atoms with E-state index >= 15 is 0 Å². The predicted molar refractivity (Wildman–Crippen MR) is 99.2 cm³/mol. The van der Waals surface area contributed by atoms with Gasteiger partial charge in [-0.15, -0.1) is 0 Å². The van der Waals surface area contributed by atoms with Crippen LogP contribution >= 0.6 is 0 Å². The van der Waals surface area contributed by atoms with Gasteiger partial charge in [0.2, 0.25) is 5.95 Å². The summed E-state index contributed by atoms with van der Waals surface area (Å²) in [7, 11) is 1.80. The van der Waals surface area contributed by atoms with Gasteiger partial charge >= 0.3 is 0 Å². The number of aromatic nitrogens is 4. The second-order valence-corrected chi connectivity index (χ2v) is 6.49. The Bertz CT molecular complexity index is 922. The Hall–Kier alpha value is -2.96. The van der Waals surface area contributed by atoms with Crippen molar-refractivity contribution < 1.29 is 4.79 Å². The molecule has 4 heterocycles. The van der Waals surface area contributed by atoms with Crippen LogP contribution < -0.4 is 4.90 Å². The highest BCUT2D eigenvalue weighted by molar-refractivity contribution is 5.99. The molecule has 0 bridgehead atoms. The first kappa shape index (κ1) is 16.5. The Balaban J connectivity index is 1.80. The molecule has 0 unspecified atom stereocenters. The lowest BCUT2D eigenvalue weighted by Crippen LogP contribution is -2.27. The van der Waals surface area contributed by atoms with E-state index < -0.39 is 0 Å². The molecule has 26 heavy (non-hydrogen) atoms. The molecule has 0 spiro atoms. The summed E-state index contributed by atoms with van der Waals surface area (Å²) in [5.41, 5.74) is 1.35. The minimum absolute atomic E-state index is 0.0528. The number of rotatable bonds is 4. The molecule has 0 aliphatic carbocycles. The minimum Gasteiger partial charge on any atom is -0.341 e. The van der Waals surface area contributed by atoms with Gasteiger partial charge in [0.1, 0.15) is 5.82 Å². The number of hydrogen-bond donors (Lipinski definition) is 0. The van der Waals surface area contributed by atoms with Crippen molar-refractivity contribution in [3.8, 4) is 0 Å². The fraction of sp³-hybridized carbons (Fsp3) is 0.368. The Kier molecular flexibility index (Phi) is 4.28. The molecule has 7 nitrogen and oxygen atoms in total. The van der Waals surface area contributed by atoms with Crippen LogP contribution in [0.15, 0.2) is 42.9 Å². The lowest BCUT2D eigenvalue weighted by Gasteiger charge is -2.23. The number of fused-ring (bicyclic) bond motifs is 1. The molecule has 1 aliphatic heterocycles. The zero-order chi connectivity index (χ0) is 18.1. The van der Waals surface area contributed by atoms with Gasteiger partial charge < -0.3 is 14.2 Å². The van der Waals surface area contributed by atoms with Crippen molar-refractivity contribution in [1.29, 1.82) is 0 Å². The van der Waals surface area contributed by atoms with Gasteiger partial charge in [0.05, 0.1) is 11.6 Å². The number of hydrogen-bond acceptors (Lipinski definition) is 5. The molecule has 3 aromatic rings. The Morgan fingerprint density at radius 2 is 2.08 bits per heavy atom. The predicted octanol–water partition coefficient (Wildman–Crippen LogP) is 2.56. The highest BCUT2D eigenvalue weighted by atomic mass is 16.2. The normalized spacial score (nSPS) is 17.0. The van der Waals surface area contributed by atoms with E-state index in [9.17, 15) is 4.79 Å². The summed E-state index contributed by atoms with van der Waals surface area (Å²) < 4.78 is 2.03. The average molecular weight is 350 g/mol. The molecule has 1 amide bonds. The smallest absolute Gasteiger partial charge is 0.274 e. The third kappa shape index (κ3) is 2.69. The van der Waals surface area contributed by atoms with Crippen LogP contribution in [-0.4, -0.2) is 50.3 Å². The van der Waals surface area contributed by atoms with Crippen LogP contribution in [0.25, 0.3) is 5.52 Å². The van der Waals surface area contributed by atoms with Crippen LogP contribution in [0.2, 0.25) is 0 Å². The van der Waals surface area contributed by atoms with Crippen LogP contribution in [0.3, 0.4) is 0 Å². The lowest BCUT2D eigenvalue weighted by atomic mass is 10.2. The summed E-state index contributed by atoms with van der Waals surface area (Å²) >= 11 is 0. The maximum Gasteiger partial charge on any atom is 0.274 e. The number of nitrogens with zero attached hydrogens (tertiary/aromatic N) is 6. The first-order valence-electron chi connectivity index (χ1n) is 8.96. The fourth-order valence-corrected chi connectivity index (χ4v) is 3.49. The van der Waals surface area contributed by atoms with Crippen molar-refractivity contribution in [2.75, 3.05) is 25.0 Å². The average Bonchev–Trinajstić information content (AvgIpc) is 3.32. The van der Waals surface area contributed by atoms with Crippen molar-refractivity contribution in [3.05, 3.63) is 54.4 Å². The first-order valence-corrected chi connectivity index (χ1v) is 8.96. The van der Waals surface area contributed by atoms with Crippen molar-refractivity contribution in [3.63, 3.8) is 0 Å². The SMILES string of the molecule is CCN(C)C(=O)c1nc([C@@H]2CCCN2c2ncccn2)n2ccccc12. The van der Waals surface area contributed by atoms with E-state index in [0.717, 1.165) is 30.7 Å². The summed E-state index contributed by atoms with van der Waals surface area (Å²) in [5, 5.41) is 0. The molecule has 0 radical (unpaired) electrons. The molecule has 1 fully saturated rings. The maximum absolute atomic E-state index is 12.8. The third-order valence-electron chi connectivity index (χ3n) is 4.96. The standard InChI is InChI=1S/C19H22N6O/c1-3-23(2)18(26)16-14-8-4-5-12-24(14)17(22-16)15-9-6-13-25(15)19-20-10-7-11-21-19/h4-5,7-8,10-12,15H,3,6,9,13H2,1-2H3/t15-/m0/s1. The van der Waals surface area contributed by atoms with Gasteiger partial charge in [0.15, 0.2) is 5.69 Å². The molecule has 0 aromatic carbocycles. The number of imidazole rings is 1. The Morgan fingerprint density at radius 3 is 2.85 bits per heavy atom. The van der Waals surface area contributed by atoms with Crippen LogP contribution in [0.4, 0.5) is 5.95 Å². The van der Waals surface area contributed by atoms with Crippen molar-refractivity contribution in [2.24, 2.45) is 0 Å². The van der Waals surface area contributed by atoms with E-state index in [4.69, 9.17) is 4.98 Å². The number of carbonyl (C=O) groups excluding carboxylic acids is 1. The first-order chi connectivity index (χ1) is 12.7. The highest BCUT2D eigenvalue weighted by Crippen LogP contribution is 2.34. The van der Waals surface area contributed by atoms with E-state index in [2.05, 4.69) is 14.9 Å². The summed E-state index contributed by atoms with van der Waals surface area (Å²) in [5.74, 6) is 1.53. The molecule has 1 saturated heterocycles. The minimum atomic E-state index is -0.0528. The quantitative estimate of drug-likeness (QED) is 0.723. The number of amides is 1. The zero-order valence-corrected chi connectivity index (χ0v) is 15.0. The zero-order valence-electron chi connectivity index (χ0n) is 15.0. The topological polar surface area (TPSA) is 66.6 Å². The molecule has 134 valence electrons. The van der Waals surface area contributed by atoms with E-state index in [1.54, 1.807) is 24.3 Å². The molecule has 7 heteroatoms. The summed E-state index contributed by atoms with van der Waals surface area (Å²) in [4.78, 5) is 30.2. The highest BCUT2D eigenvalue weighted by Gasteiger charge is 2.33. The van der Waals surface area contributed by atoms with Crippen molar-refractivity contribution in [1.82, 2.24) is 24.3 Å². The number of pyridine rings is 1. The maximum atomic E-state index is 12.8. The Labute approximate surface area is 152 Å². The second-order valence-electron chi connectivity index (χ2n) is 6.49. The van der Waals surface area contributed by atoms with E-state index in [0.29, 0.717) is 18.2 Å². The van der Waals surface area contributed by atoms with Crippen LogP contribution in [-0.2, 0) is 0 Å². The molecule has 4 rings (SSSR count). The number of carbonyl (C=O) groups is 1. The van der Waals surface area contributed by atoms with Gasteiger partial charge in [-0.1, -0.05) is 6.07 Å². The Morgan fingerprint density at radius 1 is 1.27 bits per heavy atom. The molecule has 3 aromatic heterocycles. The molecule has 0 saturated carbocycles. The van der Waals surface area contributed by atoms with Crippen molar-refractivity contribution in [2.45, 2.75) is 25.8 Å². The van der Waals surface area contributed by atoms with Crippen LogP contribution in [0.1, 0.15) is 42.1 Å². The van der Waals surface area contributed by atoms with E-state index in [1.165, 1.54) is 0 Å². The fourth-order valence-electron chi connectivity index (χ4n) is 3.49.